The Balaban J connectivity index is 1.24. The molecule has 4 heterocycles. The molecule has 1 aliphatic heterocycles. The van der Waals surface area contributed by atoms with Gasteiger partial charge in [-0.05, 0) is 43.2 Å². The summed E-state index contributed by atoms with van der Waals surface area (Å²) in [5.41, 5.74) is 2.88. The number of rotatable bonds is 11. The summed E-state index contributed by atoms with van der Waals surface area (Å²) in [6, 6.07) is 9.40. The Bertz CT molecular complexity index is 1510. The molecular formula is C30H33ClN6O3S. The van der Waals surface area contributed by atoms with Crippen molar-refractivity contribution in [3.05, 3.63) is 82.2 Å². The molecule has 0 bridgehead atoms. The van der Waals surface area contributed by atoms with Gasteiger partial charge >= 0.3 is 0 Å². The highest BCUT2D eigenvalue weighted by molar-refractivity contribution is 7.18. The highest BCUT2D eigenvalue weighted by Crippen LogP contribution is 2.36. The lowest BCUT2D eigenvalue weighted by Crippen LogP contribution is -2.36. The monoisotopic (exact) mass is 592 g/mol. The Morgan fingerprint density at radius 3 is 2.90 bits per heavy atom. The minimum absolute atomic E-state index is 0.00877. The van der Waals surface area contributed by atoms with E-state index >= 15 is 0 Å². The van der Waals surface area contributed by atoms with Crippen molar-refractivity contribution in [3.63, 3.8) is 0 Å². The van der Waals surface area contributed by atoms with Crippen molar-refractivity contribution in [1.82, 2.24) is 24.8 Å². The number of likely N-dealkylation sites (N-methyl/N-ethyl adjacent to an activating group) is 1. The third kappa shape index (κ3) is 7.59. The summed E-state index contributed by atoms with van der Waals surface area (Å²) in [6.07, 6.45) is 9.35. The first-order valence-electron chi connectivity index (χ1n) is 13.5. The molecule has 11 heteroatoms. The smallest absolute Gasteiger partial charge is 0.246 e. The quantitative estimate of drug-likeness (QED) is 0.236. The number of hydrogen-bond acceptors (Lipinski definition) is 9. The predicted octanol–water partition coefficient (Wildman–Crippen LogP) is 5.26. The topological polar surface area (TPSA) is 92.7 Å². The van der Waals surface area contributed by atoms with Gasteiger partial charge in [-0.25, -0.2) is 9.97 Å². The second-order valence-corrected chi connectivity index (χ2v) is 11.4. The van der Waals surface area contributed by atoms with Gasteiger partial charge in [0.15, 0.2) is 0 Å². The molecule has 1 amide bonds. The maximum Gasteiger partial charge on any atom is 0.246 e. The average molecular weight is 593 g/mol. The molecule has 1 aliphatic rings. The number of amides is 1. The summed E-state index contributed by atoms with van der Waals surface area (Å²) in [6.45, 7) is 7.08. The zero-order valence-electron chi connectivity index (χ0n) is 23.2. The molecule has 1 saturated heterocycles. The van der Waals surface area contributed by atoms with Crippen molar-refractivity contribution in [3.8, 4) is 5.75 Å². The average Bonchev–Trinajstić information content (AvgIpc) is 3.32. The van der Waals surface area contributed by atoms with E-state index in [4.69, 9.17) is 21.1 Å². The van der Waals surface area contributed by atoms with E-state index < -0.39 is 0 Å². The zero-order valence-corrected chi connectivity index (χ0v) is 24.7. The Morgan fingerprint density at radius 2 is 2.12 bits per heavy atom. The number of fused-ring (bicyclic) bond motifs is 1. The number of aromatic nitrogens is 3. The first-order valence-corrected chi connectivity index (χ1v) is 14.7. The molecule has 0 radical (unpaired) electrons. The molecule has 0 atom stereocenters. The summed E-state index contributed by atoms with van der Waals surface area (Å²) in [7, 11) is 1.83. The number of halogens is 1. The summed E-state index contributed by atoms with van der Waals surface area (Å²) < 4.78 is 11.3. The molecule has 214 valence electrons. The summed E-state index contributed by atoms with van der Waals surface area (Å²) in [5.74, 6) is 1.28. The van der Waals surface area contributed by atoms with E-state index in [1.54, 1.807) is 41.0 Å². The Kier molecular flexibility index (Phi) is 9.79. The van der Waals surface area contributed by atoms with Gasteiger partial charge in [0.05, 0.1) is 23.6 Å². The number of benzene rings is 1. The lowest BCUT2D eigenvalue weighted by molar-refractivity contribution is -0.124. The number of morpholine rings is 1. The van der Waals surface area contributed by atoms with Crippen LogP contribution in [0.4, 0.5) is 11.5 Å². The summed E-state index contributed by atoms with van der Waals surface area (Å²) >= 11 is 8.18. The number of hydrogen-bond donors (Lipinski definition) is 1. The standard InChI is InChI=1S/C30H33ClN6O3S/c1-21-24(9-12-36(2)27(38)6-4-11-37-13-15-39-16-14-37)28-29(33-20-34-30(28)41-21)35-23-7-8-26(25(31)17-23)40-19-22-5-3-10-32-18-22/h3-8,10,17-18,20H,9,11-16,19H2,1-2H3,(H,33,34,35)/b6-4+. The lowest BCUT2D eigenvalue weighted by atomic mass is 10.1. The number of nitrogens with one attached hydrogen (secondary N) is 1. The van der Waals surface area contributed by atoms with Crippen molar-refractivity contribution in [2.24, 2.45) is 0 Å². The number of ether oxygens (including phenoxy) is 2. The van der Waals surface area contributed by atoms with Crippen molar-refractivity contribution >= 4 is 50.6 Å². The molecule has 4 aromatic rings. The predicted molar refractivity (Wildman–Crippen MR) is 163 cm³/mol. The van der Waals surface area contributed by atoms with Crippen LogP contribution in [0.15, 0.2) is 61.2 Å². The zero-order chi connectivity index (χ0) is 28.6. The van der Waals surface area contributed by atoms with Crippen LogP contribution >= 0.6 is 22.9 Å². The second kappa shape index (κ2) is 13.9. The number of pyridine rings is 1. The van der Waals surface area contributed by atoms with Crippen LogP contribution in [0.2, 0.25) is 5.02 Å². The van der Waals surface area contributed by atoms with E-state index in [-0.39, 0.29) is 5.91 Å². The maximum absolute atomic E-state index is 12.7. The van der Waals surface area contributed by atoms with Gasteiger partial charge < -0.3 is 19.7 Å². The third-order valence-corrected chi connectivity index (χ3v) is 8.25. The molecular weight excluding hydrogens is 560 g/mol. The second-order valence-electron chi connectivity index (χ2n) is 9.78. The third-order valence-electron chi connectivity index (χ3n) is 6.90. The van der Waals surface area contributed by atoms with Gasteiger partial charge in [0.2, 0.25) is 5.91 Å². The van der Waals surface area contributed by atoms with Gasteiger partial charge in [-0.3, -0.25) is 14.7 Å². The summed E-state index contributed by atoms with van der Waals surface area (Å²) in [4.78, 5) is 32.0. The van der Waals surface area contributed by atoms with Crippen molar-refractivity contribution in [2.75, 3.05) is 51.8 Å². The molecule has 0 unspecified atom stereocenters. The molecule has 3 aromatic heterocycles. The highest BCUT2D eigenvalue weighted by atomic mass is 35.5. The van der Waals surface area contributed by atoms with Gasteiger partial charge in [0.25, 0.3) is 0 Å². The fourth-order valence-corrected chi connectivity index (χ4v) is 5.85. The van der Waals surface area contributed by atoms with Crippen LogP contribution < -0.4 is 10.1 Å². The van der Waals surface area contributed by atoms with E-state index in [1.807, 2.05) is 43.5 Å². The number of anilines is 2. The number of carbonyl (C=O) groups is 1. The fraction of sp³-hybridized carbons (Fsp3) is 0.333. The number of thiophene rings is 1. The SMILES string of the molecule is Cc1sc2ncnc(Nc3ccc(OCc4cccnc4)c(Cl)c3)c2c1CCN(C)C(=O)/C=C/CN1CCOCC1. The van der Waals surface area contributed by atoms with Crippen LogP contribution in [0.3, 0.4) is 0 Å². The van der Waals surface area contributed by atoms with Gasteiger partial charge in [0.1, 0.15) is 29.3 Å². The normalized spacial score (nSPS) is 14.0. The number of nitrogens with zero attached hydrogens (tertiary/aromatic N) is 5. The lowest BCUT2D eigenvalue weighted by Gasteiger charge is -2.25. The van der Waals surface area contributed by atoms with Gasteiger partial charge in [-0.1, -0.05) is 23.7 Å². The van der Waals surface area contributed by atoms with E-state index in [1.165, 1.54) is 0 Å². The Hall–Kier alpha value is -3.57. The Labute approximate surface area is 248 Å². The van der Waals surface area contributed by atoms with Crippen LogP contribution in [0.1, 0.15) is 16.0 Å². The molecule has 1 fully saturated rings. The maximum atomic E-state index is 12.7. The first kappa shape index (κ1) is 28.9. The van der Waals surface area contributed by atoms with E-state index in [0.717, 1.165) is 64.8 Å². The van der Waals surface area contributed by atoms with Crippen molar-refractivity contribution in [1.29, 1.82) is 0 Å². The molecule has 0 saturated carbocycles. The molecule has 5 rings (SSSR count). The van der Waals surface area contributed by atoms with Crippen LogP contribution in [-0.2, 0) is 22.6 Å². The van der Waals surface area contributed by atoms with Gasteiger partial charge in [-0.2, -0.15) is 0 Å². The molecule has 1 aromatic carbocycles. The van der Waals surface area contributed by atoms with E-state index in [2.05, 4.69) is 32.1 Å². The summed E-state index contributed by atoms with van der Waals surface area (Å²) in [5, 5.41) is 4.87. The minimum Gasteiger partial charge on any atom is -0.487 e. The van der Waals surface area contributed by atoms with Crippen LogP contribution in [0.25, 0.3) is 10.2 Å². The van der Waals surface area contributed by atoms with Gasteiger partial charge in [-0.15, -0.1) is 11.3 Å². The number of carbonyl (C=O) groups excluding carboxylic acids is 1. The van der Waals surface area contributed by atoms with Crippen LogP contribution in [0, 0.1) is 6.92 Å². The molecule has 41 heavy (non-hydrogen) atoms. The van der Waals surface area contributed by atoms with E-state index in [0.29, 0.717) is 36.2 Å². The molecule has 9 nitrogen and oxygen atoms in total. The number of aryl methyl sites for hydroxylation is 1. The Morgan fingerprint density at radius 1 is 1.27 bits per heavy atom. The first-order chi connectivity index (χ1) is 20.0. The van der Waals surface area contributed by atoms with E-state index in [9.17, 15) is 4.79 Å². The minimum atomic E-state index is -0.00877. The van der Waals surface area contributed by atoms with Crippen molar-refractivity contribution < 1.29 is 14.3 Å². The van der Waals surface area contributed by atoms with Gasteiger partial charge in [0, 0.05) is 67.8 Å². The molecule has 0 aliphatic carbocycles. The fourth-order valence-electron chi connectivity index (χ4n) is 4.58. The molecule has 0 spiro atoms. The van der Waals surface area contributed by atoms with Crippen LogP contribution in [0.5, 0.6) is 5.75 Å². The van der Waals surface area contributed by atoms with Crippen molar-refractivity contribution in [2.45, 2.75) is 20.0 Å². The highest BCUT2D eigenvalue weighted by Gasteiger charge is 2.17. The van der Waals surface area contributed by atoms with Crippen LogP contribution in [-0.4, -0.2) is 77.1 Å². The largest absolute Gasteiger partial charge is 0.487 e. The molecule has 1 N–H and O–H groups in total.